The van der Waals surface area contributed by atoms with Crippen LogP contribution in [0.3, 0.4) is 0 Å². The fourth-order valence-corrected chi connectivity index (χ4v) is 4.36. The molecule has 0 N–H and O–H groups in total. The van der Waals surface area contributed by atoms with Crippen LogP contribution in [0.1, 0.15) is 36.7 Å². The quantitative estimate of drug-likeness (QED) is 0.421. The summed E-state index contributed by atoms with van der Waals surface area (Å²) in [6.07, 6.45) is 3.75. The highest BCUT2D eigenvalue weighted by Crippen LogP contribution is 2.36. The Balaban J connectivity index is 1.42. The third-order valence-corrected chi connectivity index (χ3v) is 6.10. The van der Waals surface area contributed by atoms with Gasteiger partial charge in [0.2, 0.25) is 5.88 Å². The van der Waals surface area contributed by atoms with E-state index in [0.717, 1.165) is 47.4 Å². The van der Waals surface area contributed by atoms with Crippen LogP contribution in [0.25, 0.3) is 17.1 Å². The molecular formula is C26H29N7O. The lowest BCUT2D eigenvalue weighted by Crippen LogP contribution is -2.27. The number of hydrogen-bond acceptors (Lipinski definition) is 7. The largest absolute Gasteiger partial charge is 0.480 e. The summed E-state index contributed by atoms with van der Waals surface area (Å²) in [6, 6.07) is 14.4. The Morgan fingerprint density at radius 1 is 1.09 bits per heavy atom. The second kappa shape index (κ2) is 8.78. The predicted octanol–water partition coefficient (Wildman–Crippen LogP) is 4.58. The zero-order valence-corrected chi connectivity index (χ0v) is 20.2. The Kier molecular flexibility index (Phi) is 5.65. The first kappa shape index (κ1) is 21.9. The molecule has 3 aromatic heterocycles. The van der Waals surface area contributed by atoms with Crippen LogP contribution >= 0.6 is 0 Å². The van der Waals surface area contributed by atoms with E-state index < -0.39 is 0 Å². The lowest BCUT2D eigenvalue weighted by molar-refractivity contribution is 0.394. The summed E-state index contributed by atoms with van der Waals surface area (Å²) in [5.41, 5.74) is 6.28. The maximum absolute atomic E-state index is 5.26. The van der Waals surface area contributed by atoms with Crippen molar-refractivity contribution in [3.63, 3.8) is 0 Å². The van der Waals surface area contributed by atoms with E-state index in [1.165, 1.54) is 5.56 Å². The highest BCUT2D eigenvalue weighted by atomic mass is 16.5. The molecule has 0 fully saturated rings. The van der Waals surface area contributed by atoms with E-state index >= 15 is 0 Å². The molecule has 1 aromatic carbocycles. The minimum Gasteiger partial charge on any atom is -0.480 e. The minimum absolute atomic E-state index is 0.295. The number of pyridine rings is 1. The van der Waals surface area contributed by atoms with Crippen LogP contribution in [0.4, 0.5) is 11.5 Å². The average molecular weight is 456 g/mol. The van der Waals surface area contributed by atoms with Gasteiger partial charge in [-0.05, 0) is 42.7 Å². The van der Waals surface area contributed by atoms with E-state index in [1.54, 1.807) is 7.11 Å². The first-order chi connectivity index (χ1) is 16.4. The van der Waals surface area contributed by atoms with Gasteiger partial charge in [-0.2, -0.15) is 0 Å². The molecule has 5 rings (SSSR count). The van der Waals surface area contributed by atoms with Gasteiger partial charge in [-0.15, -0.1) is 5.10 Å². The van der Waals surface area contributed by atoms with Crippen molar-refractivity contribution < 1.29 is 4.74 Å². The molecule has 8 heteroatoms. The third kappa shape index (κ3) is 3.96. The van der Waals surface area contributed by atoms with Crippen LogP contribution in [0.15, 0.2) is 54.9 Å². The fraction of sp³-hybridized carbons (Fsp3) is 0.308. The smallest absolute Gasteiger partial charge is 0.233 e. The van der Waals surface area contributed by atoms with Crippen molar-refractivity contribution in [3.05, 3.63) is 71.8 Å². The van der Waals surface area contributed by atoms with Crippen LogP contribution in [0.2, 0.25) is 0 Å². The number of hydrogen-bond donors (Lipinski definition) is 0. The normalized spacial score (nSPS) is 13.0. The summed E-state index contributed by atoms with van der Waals surface area (Å²) in [4.78, 5) is 18.7. The molecule has 0 radical (unpaired) electrons. The van der Waals surface area contributed by atoms with Gasteiger partial charge >= 0.3 is 0 Å². The standard InChI is InChI=1S/C26H29N7O/c1-17(2)24-21(7-6-12-27-24)25-28-14-22-26(29-25)32(16-31(22)4)15-19-8-10-20(11-9-19)33-18(3)13-23(30-33)34-5/h6-14,17H,15-16H2,1-5H3. The molecule has 8 nitrogen and oxygen atoms in total. The van der Waals surface area contributed by atoms with E-state index in [9.17, 15) is 0 Å². The summed E-state index contributed by atoms with van der Waals surface area (Å²) in [5.74, 6) is 2.57. The monoisotopic (exact) mass is 455 g/mol. The van der Waals surface area contributed by atoms with Crippen molar-refractivity contribution in [3.8, 4) is 23.0 Å². The number of aryl methyl sites for hydroxylation is 1. The maximum Gasteiger partial charge on any atom is 0.233 e. The third-order valence-electron chi connectivity index (χ3n) is 6.10. The number of rotatable bonds is 6. The molecule has 4 heterocycles. The molecule has 0 atom stereocenters. The van der Waals surface area contributed by atoms with Gasteiger partial charge in [-0.1, -0.05) is 26.0 Å². The molecule has 1 aliphatic heterocycles. The summed E-state index contributed by atoms with van der Waals surface area (Å²) < 4.78 is 7.15. The van der Waals surface area contributed by atoms with Crippen LogP contribution in [-0.4, -0.2) is 45.6 Å². The maximum atomic E-state index is 5.26. The first-order valence-corrected chi connectivity index (χ1v) is 11.4. The Labute approximate surface area is 199 Å². The SMILES string of the molecule is COc1cc(C)n(-c2ccc(CN3CN(C)c4cnc(-c5cccnc5C(C)C)nc43)cc2)n1. The lowest BCUT2D eigenvalue weighted by atomic mass is 10.0. The van der Waals surface area contributed by atoms with Crippen molar-refractivity contribution in [2.75, 3.05) is 30.6 Å². The number of methoxy groups -OCH3 is 1. The lowest BCUT2D eigenvalue weighted by Gasteiger charge is -2.19. The van der Waals surface area contributed by atoms with Crippen molar-refractivity contribution in [2.45, 2.75) is 33.2 Å². The second-order valence-corrected chi connectivity index (χ2v) is 8.94. The highest BCUT2D eigenvalue weighted by molar-refractivity contribution is 5.74. The van der Waals surface area contributed by atoms with Crippen LogP contribution < -0.4 is 14.5 Å². The van der Waals surface area contributed by atoms with Crippen molar-refractivity contribution in [1.82, 2.24) is 24.7 Å². The van der Waals surface area contributed by atoms with Crippen LogP contribution in [0, 0.1) is 6.92 Å². The van der Waals surface area contributed by atoms with Gasteiger partial charge in [0.25, 0.3) is 0 Å². The summed E-state index contributed by atoms with van der Waals surface area (Å²) in [6.45, 7) is 7.81. The molecule has 4 aromatic rings. The van der Waals surface area contributed by atoms with Gasteiger partial charge < -0.3 is 14.5 Å². The molecule has 0 spiro atoms. The van der Waals surface area contributed by atoms with E-state index in [1.807, 2.05) is 36.1 Å². The molecule has 0 saturated heterocycles. The molecule has 34 heavy (non-hydrogen) atoms. The molecular weight excluding hydrogens is 426 g/mol. The van der Waals surface area contributed by atoms with Gasteiger partial charge in [0, 0.05) is 37.1 Å². The molecule has 0 bridgehead atoms. The van der Waals surface area contributed by atoms with Crippen LogP contribution in [-0.2, 0) is 6.54 Å². The zero-order valence-electron chi connectivity index (χ0n) is 20.2. The zero-order chi connectivity index (χ0) is 23.8. The molecule has 0 saturated carbocycles. The fourth-order valence-electron chi connectivity index (χ4n) is 4.36. The number of benzene rings is 1. The number of ether oxygens (including phenoxy) is 1. The van der Waals surface area contributed by atoms with Gasteiger partial charge in [-0.25, -0.2) is 14.6 Å². The van der Waals surface area contributed by atoms with E-state index in [4.69, 9.17) is 9.72 Å². The van der Waals surface area contributed by atoms with E-state index in [0.29, 0.717) is 17.6 Å². The molecule has 0 unspecified atom stereocenters. The minimum atomic E-state index is 0.295. The molecule has 0 aliphatic carbocycles. The number of fused-ring (bicyclic) bond motifs is 1. The van der Waals surface area contributed by atoms with Crippen LogP contribution in [0.5, 0.6) is 5.88 Å². The summed E-state index contributed by atoms with van der Waals surface area (Å²) in [5, 5.41) is 4.48. The molecule has 0 amide bonds. The Morgan fingerprint density at radius 3 is 2.59 bits per heavy atom. The summed E-state index contributed by atoms with van der Waals surface area (Å²) >= 11 is 0. The number of aromatic nitrogens is 5. The van der Waals surface area contributed by atoms with Crippen molar-refractivity contribution in [2.24, 2.45) is 0 Å². The summed E-state index contributed by atoms with van der Waals surface area (Å²) in [7, 11) is 3.70. The predicted molar refractivity (Wildman–Crippen MR) is 134 cm³/mol. The Morgan fingerprint density at radius 2 is 1.88 bits per heavy atom. The van der Waals surface area contributed by atoms with Crippen molar-refractivity contribution >= 4 is 11.5 Å². The Hall–Kier alpha value is -3.94. The average Bonchev–Trinajstić information content (AvgIpc) is 3.38. The second-order valence-electron chi connectivity index (χ2n) is 8.94. The van der Waals surface area contributed by atoms with Crippen molar-refractivity contribution in [1.29, 1.82) is 0 Å². The Bertz CT molecular complexity index is 1310. The highest BCUT2D eigenvalue weighted by Gasteiger charge is 2.27. The van der Waals surface area contributed by atoms with Gasteiger partial charge in [0.1, 0.15) is 0 Å². The molecule has 1 aliphatic rings. The first-order valence-electron chi connectivity index (χ1n) is 11.4. The number of anilines is 2. The van der Waals surface area contributed by atoms with Gasteiger partial charge in [0.05, 0.1) is 37.0 Å². The topological polar surface area (TPSA) is 72.2 Å². The molecule has 174 valence electrons. The van der Waals surface area contributed by atoms with E-state index in [2.05, 4.69) is 76.1 Å². The van der Waals surface area contributed by atoms with E-state index in [-0.39, 0.29) is 0 Å². The van der Waals surface area contributed by atoms with Gasteiger partial charge in [0.15, 0.2) is 11.6 Å². The van der Waals surface area contributed by atoms with Gasteiger partial charge in [-0.3, -0.25) is 4.98 Å². The number of nitrogens with zero attached hydrogens (tertiary/aromatic N) is 7.